The first-order valence-corrected chi connectivity index (χ1v) is 5.55. The van der Waals surface area contributed by atoms with Gasteiger partial charge in [-0.3, -0.25) is 0 Å². The quantitative estimate of drug-likeness (QED) is 0.839. The summed E-state index contributed by atoms with van der Waals surface area (Å²) in [7, 11) is 0. The highest BCUT2D eigenvalue weighted by Gasteiger charge is 2.32. The summed E-state index contributed by atoms with van der Waals surface area (Å²) >= 11 is 0. The first-order chi connectivity index (χ1) is 8.00. The van der Waals surface area contributed by atoms with Crippen LogP contribution in [-0.4, -0.2) is 17.8 Å². The van der Waals surface area contributed by atoms with Crippen LogP contribution in [0.5, 0.6) is 0 Å². The lowest BCUT2D eigenvalue weighted by molar-refractivity contribution is -0.137. The summed E-state index contributed by atoms with van der Waals surface area (Å²) in [5.41, 5.74) is 0.0139. The number of aliphatic hydroxyl groups is 1. The monoisotopic (exact) mass is 245 g/mol. The van der Waals surface area contributed by atoms with Crippen molar-refractivity contribution in [2.45, 2.75) is 31.1 Å². The Morgan fingerprint density at radius 1 is 1.29 bits per heavy atom. The van der Waals surface area contributed by atoms with Crippen LogP contribution < -0.4 is 5.32 Å². The Kier molecular flexibility index (Phi) is 3.40. The summed E-state index contributed by atoms with van der Waals surface area (Å²) in [5.74, 6) is 0. The molecule has 1 fully saturated rings. The Hall–Kier alpha value is -1.07. The fraction of sp³-hybridized carbons (Fsp3) is 0.500. The minimum absolute atomic E-state index is 0.00505. The van der Waals surface area contributed by atoms with Gasteiger partial charge in [0.05, 0.1) is 12.2 Å². The van der Waals surface area contributed by atoms with Crippen LogP contribution in [0.15, 0.2) is 24.3 Å². The Morgan fingerprint density at radius 3 is 2.65 bits per heavy atom. The van der Waals surface area contributed by atoms with E-state index in [4.69, 9.17) is 5.11 Å². The Morgan fingerprint density at radius 2 is 2.06 bits per heavy atom. The molecule has 0 spiro atoms. The number of hydrogen-bond acceptors (Lipinski definition) is 2. The number of alkyl halides is 3. The summed E-state index contributed by atoms with van der Waals surface area (Å²) in [6.07, 6.45) is -2.76. The van der Waals surface area contributed by atoms with Crippen molar-refractivity contribution in [3.8, 4) is 0 Å². The molecule has 2 rings (SSSR count). The van der Waals surface area contributed by atoms with Gasteiger partial charge in [0.2, 0.25) is 0 Å². The Balaban J connectivity index is 2.17. The SMILES string of the molecule is OCC1CCC(c2cccc(C(F)(F)F)c2)N1. The molecule has 5 heteroatoms. The van der Waals surface area contributed by atoms with Crippen molar-refractivity contribution >= 4 is 0 Å². The molecule has 1 aromatic rings. The summed E-state index contributed by atoms with van der Waals surface area (Å²) < 4.78 is 37.6. The van der Waals surface area contributed by atoms with Gasteiger partial charge in [-0.1, -0.05) is 12.1 Å². The van der Waals surface area contributed by atoms with Gasteiger partial charge in [-0.25, -0.2) is 0 Å². The molecule has 0 amide bonds. The fourth-order valence-electron chi connectivity index (χ4n) is 2.16. The van der Waals surface area contributed by atoms with Gasteiger partial charge < -0.3 is 10.4 Å². The van der Waals surface area contributed by atoms with Gasteiger partial charge in [-0.2, -0.15) is 13.2 Å². The molecule has 0 radical (unpaired) electrons. The van der Waals surface area contributed by atoms with Crippen LogP contribution in [-0.2, 0) is 6.18 Å². The second-order valence-electron chi connectivity index (χ2n) is 4.30. The lowest BCUT2D eigenvalue weighted by Crippen LogP contribution is -2.27. The van der Waals surface area contributed by atoms with Crippen molar-refractivity contribution in [1.82, 2.24) is 5.32 Å². The topological polar surface area (TPSA) is 32.3 Å². The molecule has 1 aliphatic rings. The van der Waals surface area contributed by atoms with Crippen molar-refractivity contribution in [3.63, 3.8) is 0 Å². The van der Waals surface area contributed by atoms with E-state index in [-0.39, 0.29) is 18.7 Å². The molecule has 0 saturated carbocycles. The van der Waals surface area contributed by atoms with Crippen molar-refractivity contribution in [2.24, 2.45) is 0 Å². The molecule has 2 N–H and O–H groups in total. The number of benzene rings is 1. The maximum Gasteiger partial charge on any atom is 0.416 e. The molecule has 94 valence electrons. The van der Waals surface area contributed by atoms with Gasteiger partial charge >= 0.3 is 6.18 Å². The van der Waals surface area contributed by atoms with Crippen LogP contribution in [0.4, 0.5) is 13.2 Å². The molecule has 1 aromatic carbocycles. The molecule has 0 bridgehead atoms. The standard InChI is InChI=1S/C12H14F3NO/c13-12(14,15)9-3-1-2-8(6-9)11-5-4-10(7-17)16-11/h1-3,6,10-11,16-17H,4-5,7H2. The molecule has 1 aliphatic heterocycles. The molecular weight excluding hydrogens is 231 g/mol. The summed E-state index contributed by atoms with van der Waals surface area (Å²) in [4.78, 5) is 0. The molecule has 2 unspecified atom stereocenters. The van der Waals surface area contributed by atoms with Gasteiger partial charge in [0.1, 0.15) is 0 Å². The van der Waals surface area contributed by atoms with Gasteiger partial charge in [-0.15, -0.1) is 0 Å². The number of rotatable bonds is 2. The zero-order chi connectivity index (χ0) is 12.5. The summed E-state index contributed by atoms with van der Waals surface area (Å²) in [6.45, 7) is 0.0233. The molecule has 1 saturated heterocycles. The van der Waals surface area contributed by atoms with E-state index >= 15 is 0 Å². The fourth-order valence-corrected chi connectivity index (χ4v) is 2.16. The van der Waals surface area contributed by atoms with E-state index in [1.165, 1.54) is 12.1 Å². The zero-order valence-electron chi connectivity index (χ0n) is 9.17. The highest BCUT2D eigenvalue weighted by molar-refractivity contribution is 5.28. The third kappa shape index (κ3) is 2.79. The number of hydrogen-bond donors (Lipinski definition) is 2. The van der Waals surface area contributed by atoms with Gasteiger partial charge in [0.25, 0.3) is 0 Å². The maximum atomic E-state index is 12.5. The normalized spacial score (nSPS) is 25.2. The van der Waals surface area contributed by atoms with Crippen LogP contribution in [0.2, 0.25) is 0 Å². The van der Waals surface area contributed by atoms with E-state index in [9.17, 15) is 13.2 Å². The largest absolute Gasteiger partial charge is 0.416 e. The molecule has 17 heavy (non-hydrogen) atoms. The first-order valence-electron chi connectivity index (χ1n) is 5.55. The summed E-state index contributed by atoms with van der Waals surface area (Å²) in [5, 5.41) is 12.1. The van der Waals surface area contributed by atoms with Crippen molar-refractivity contribution < 1.29 is 18.3 Å². The maximum absolute atomic E-state index is 12.5. The third-order valence-electron chi connectivity index (χ3n) is 3.08. The Labute approximate surface area is 97.5 Å². The Bertz CT molecular complexity index is 392. The number of aliphatic hydroxyl groups excluding tert-OH is 1. The minimum atomic E-state index is -4.30. The molecule has 0 aromatic heterocycles. The van der Waals surface area contributed by atoms with Crippen LogP contribution in [0.1, 0.15) is 30.0 Å². The van der Waals surface area contributed by atoms with E-state index < -0.39 is 11.7 Å². The second-order valence-corrected chi connectivity index (χ2v) is 4.30. The van der Waals surface area contributed by atoms with Gasteiger partial charge in [0.15, 0.2) is 0 Å². The molecule has 0 aliphatic carbocycles. The van der Waals surface area contributed by atoms with Crippen LogP contribution in [0.25, 0.3) is 0 Å². The van der Waals surface area contributed by atoms with E-state index in [1.807, 2.05) is 0 Å². The average Bonchev–Trinajstić information content (AvgIpc) is 2.76. The lowest BCUT2D eigenvalue weighted by Gasteiger charge is -2.15. The highest BCUT2D eigenvalue weighted by atomic mass is 19.4. The second kappa shape index (κ2) is 4.66. The smallest absolute Gasteiger partial charge is 0.395 e. The first kappa shape index (κ1) is 12.4. The van der Waals surface area contributed by atoms with Gasteiger partial charge in [0, 0.05) is 12.1 Å². The zero-order valence-corrected chi connectivity index (χ0v) is 9.17. The molecule has 2 atom stereocenters. The van der Waals surface area contributed by atoms with Gasteiger partial charge in [-0.05, 0) is 30.5 Å². The van der Waals surface area contributed by atoms with E-state index in [0.29, 0.717) is 5.56 Å². The lowest BCUT2D eigenvalue weighted by atomic mass is 10.0. The van der Waals surface area contributed by atoms with Crippen LogP contribution in [0.3, 0.4) is 0 Å². The third-order valence-corrected chi connectivity index (χ3v) is 3.08. The predicted octanol–water partition coefficient (Wildman–Crippen LogP) is 2.49. The average molecular weight is 245 g/mol. The van der Waals surface area contributed by atoms with E-state index in [0.717, 1.165) is 18.9 Å². The minimum Gasteiger partial charge on any atom is -0.395 e. The van der Waals surface area contributed by atoms with Crippen molar-refractivity contribution in [3.05, 3.63) is 35.4 Å². The summed E-state index contributed by atoms with van der Waals surface area (Å²) in [6, 6.07) is 5.27. The number of nitrogens with one attached hydrogen (secondary N) is 1. The van der Waals surface area contributed by atoms with Crippen molar-refractivity contribution in [2.75, 3.05) is 6.61 Å². The van der Waals surface area contributed by atoms with E-state index in [1.54, 1.807) is 6.07 Å². The van der Waals surface area contributed by atoms with Crippen LogP contribution >= 0.6 is 0 Å². The predicted molar refractivity (Wildman–Crippen MR) is 57.4 cm³/mol. The van der Waals surface area contributed by atoms with E-state index in [2.05, 4.69) is 5.32 Å². The molecule has 2 nitrogen and oxygen atoms in total. The van der Waals surface area contributed by atoms with Crippen molar-refractivity contribution in [1.29, 1.82) is 0 Å². The molecular formula is C12H14F3NO. The highest BCUT2D eigenvalue weighted by Crippen LogP contribution is 2.33. The van der Waals surface area contributed by atoms with Crippen LogP contribution in [0, 0.1) is 0 Å². The number of halogens is 3. The molecule has 1 heterocycles.